The lowest BCUT2D eigenvalue weighted by Gasteiger charge is -2.12. The van der Waals surface area contributed by atoms with Crippen molar-refractivity contribution in [2.45, 2.75) is 29.7 Å². The number of fused-ring (bicyclic) bond motifs is 1. The molecule has 0 amide bonds. The fourth-order valence-electron chi connectivity index (χ4n) is 3.15. The van der Waals surface area contributed by atoms with E-state index in [2.05, 4.69) is 30.0 Å². The topological polar surface area (TPSA) is 139 Å². The molecule has 10 nitrogen and oxygen atoms in total. The van der Waals surface area contributed by atoms with Crippen LogP contribution in [0.25, 0.3) is 27.3 Å². The highest BCUT2D eigenvalue weighted by molar-refractivity contribution is 7.89. The minimum Gasteiger partial charge on any atom is -0.245 e. The highest BCUT2D eigenvalue weighted by Crippen LogP contribution is 2.38. The Morgan fingerprint density at radius 3 is 2.72 bits per heavy atom. The SMILES string of the molecule is N#CC1(NS(=O)(=O)c2cc(-c3ccncn3)c3cnn(-c4nnc(C(F)F)s4)c3c2)CC1. The molecule has 3 aromatic heterocycles. The Kier molecular flexibility index (Phi) is 4.69. The molecule has 5 rings (SSSR count). The molecular weight excluding hydrogens is 462 g/mol. The van der Waals surface area contributed by atoms with Crippen LogP contribution >= 0.6 is 11.3 Å². The van der Waals surface area contributed by atoms with E-state index in [9.17, 15) is 22.5 Å². The summed E-state index contributed by atoms with van der Waals surface area (Å²) in [6, 6.07) is 6.38. The van der Waals surface area contributed by atoms with Crippen LogP contribution in [0.2, 0.25) is 0 Å². The number of nitrogens with one attached hydrogen (secondary N) is 1. The highest BCUT2D eigenvalue weighted by Gasteiger charge is 2.47. The molecule has 162 valence electrons. The maximum atomic E-state index is 13.1. The first kappa shape index (κ1) is 20.5. The summed E-state index contributed by atoms with van der Waals surface area (Å²) in [6.45, 7) is 0. The van der Waals surface area contributed by atoms with E-state index in [1.807, 2.05) is 6.07 Å². The van der Waals surface area contributed by atoms with Crippen LogP contribution in [0.1, 0.15) is 24.3 Å². The third-order valence-corrected chi connectivity index (χ3v) is 7.34. The first-order valence-electron chi connectivity index (χ1n) is 9.17. The molecule has 1 fully saturated rings. The van der Waals surface area contributed by atoms with Crippen molar-refractivity contribution in [3.8, 4) is 22.5 Å². The van der Waals surface area contributed by atoms with Crippen molar-refractivity contribution in [3.05, 3.63) is 41.9 Å². The number of alkyl halides is 2. The number of benzene rings is 1. The van der Waals surface area contributed by atoms with Gasteiger partial charge in [-0.15, -0.1) is 10.2 Å². The lowest BCUT2D eigenvalue weighted by Crippen LogP contribution is -2.35. The molecule has 14 heteroatoms. The van der Waals surface area contributed by atoms with Gasteiger partial charge in [0, 0.05) is 17.1 Å². The number of nitrogens with zero attached hydrogens (tertiary/aromatic N) is 7. The molecule has 0 aliphatic heterocycles. The number of nitriles is 1. The molecule has 1 N–H and O–H groups in total. The molecule has 4 aromatic rings. The van der Waals surface area contributed by atoms with Gasteiger partial charge in [-0.1, -0.05) is 11.3 Å². The largest absolute Gasteiger partial charge is 0.291 e. The second kappa shape index (κ2) is 7.33. The maximum absolute atomic E-state index is 13.1. The van der Waals surface area contributed by atoms with E-state index in [4.69, 9.17) is 0 Å². The summed E-state index contributed by atoms with van der Waals surface area (Å²) in [4.78, 5) is 7.95. The Labute approximate surface area is 183 Å². The normalized spacial score (nSPS) is 15.2. The molecule has 3 heterocycles. The van der Waals surface area contributed by atoms with Crippen LogP contribution in [0.4, 0.5) is 8.78 Å². The second-order valence-electron chi connectivity index (χ2n) is 7.08. The van der Waals surface area contributed by atoms with Gasteiger partial charge in [-0.25, -0.2) is 31.8 Å². The van der Waals surface area contributed by atoms with Crippen molar-refractivity contribution in [2.75, 3.05) is 0 Å². The summed E-state index contributed by atoms with van der Waals surface area (Å²) in [6.07, 6.45) is 2.34. The summed E-state index contributed by atoms with van der Waals surface area (Å²) in [5, 5.41) is 20.9. The maximum Gasteiger partial charge on any atom is 0.291 e. The lowest BCUT2D eigenvalue weighted by atomic mass is 10.1. The zero-order chi connectivity index (χ0) is 22.5. The predicted molar refractivity (Wildman–Crippen MR) is 108 cm³/mol. The van der Waals surface area contributed by atoms with E-state index in [0.717, 1.165) is 0 Å². The van der Waals surface area contributed by atoms with E-state index in [0.29, 0.717) is 46.3 Å². The number of rotatable bonds is 6. The zero-order valence-electron chi connectivity index (χ0n) is 16.0. The van der Waals surface area contributed by atoms with Gasteiger partial charge >= 0.3 is 0 Å². The van der Waals surface area contributed by atoms with E-state index in [1.54, 1.807) is 6.07 Å². The van der Waals surface area contributed by atoms with Crippen molar-refractivity contribution < 1.29 is 17.2 Å². The molecule has 1 aliphatic rings. The molecule has 0 atom stereocenters. The average molecular weight is 474 g/mol. The van der Waals surface area contributed by atoms with Crippen LogP contribution in [0.15, 0.2) is 41.8 Å². The summed E-state index contributed by atoms with van der Waals surface area (Å²) in [7, 11) is -4.08. The van der Waals surface area contributed by atoms with Gasteiger partial charge in [-0.05, 0) is 31.0 Å². The third kappa shape index (κ3) is 3.49. The van der Waals surface area contributed by atoms with Gasteiger partial charge in [-0.3, -0.25) is 0 Å². The summed E-state index contributed by atoms with van der Waals surface area (Å²) in [5.41, 5.74) is 0.0693. The van der Waals surface area contributed by atoms with Gasteiger partial charge in [-0.2, -0.15) is 15.1 Å². The number of hydrogen-bond acceptors (Lipinski definition) is 9. The van der Waals surface area contributed by atoms with E-state index in [-0.39, 0.29) is 10.0 Å². The molecule has 0 saturated heterocycles. The van der Waals surface area contributed by atoms with Gasteiger partial charge in [0.25, 0.3) is 6.43 Å². The molecule has 1 aliphatic carbocycles. The number of sulfonamides is 1. The van der Waals surface area contributed by atoms with Crippen LogP contribution in [0.3, 0.4) is 0 Å². The van der Waals surface area contributed by atoms with Crippen LogP contribution in [0, 0.1) is 11.3 Å². The minimum atomic E-state index is -4.08. The second-order valence-corrected chi connectivity index (χ2v) is 9.75. The molecule has 32 heavy (non-hydrogen) atoms. The Morgan fingerprint density at radius 1 is 1.28 bits per heavy atom. The zero-order valence-corrected chi connectivity index (χ0v) is 17.6. The monoisotopic (exact) mass is 474 g/mol. The molecule has 0 unspecified atom stereocenters. The minimum absolute atomic E-state index is 0.0575. The third-order valence-electron chi connectivity index (χ3n) is 4.92. The molecular formula is C18H12F2N8O2S2. The van der Waals surface area contributed by atoms with Crippen molar-refractivity contribution in [1.82, 2.24) is 34.7 Å². The Morgan fingerprint density at radius 2 is 2.09 bits per heavy atom. The molecule has 1 aromatic carbocycles. The van der Waals surface area contributed by atoms with Crippen molar-refractivity contribution >= 4 is 32.3 Å². The fraction of sp³-hybridized carbons (Fsp3) is 0.222. The van der Waals surface area contributed by atoms with Gasteiger partial charge < -0.3 is 0 Å². The van der Waals surface area contributed by atoms with E-state index < -0.39 is 27.0 Å². The van der Waals surface area contributed by atoms with Crippen molar-refractivity contribution in [3.63, 3.8) is 0 Å². The molecule has 0 bridgehead atoms. The van der Waals surface area contributed by atoms with Crippen molar-refractivity contribution in [1.29, 1.82) is 5.26 Å². The van der Waals surface area contributed by atoms with Gasteiger partial charge in [0.15, 0.2) is 5.01 Å². The molecule has 0 spiro atoms. The number of halogens is 2. The van der Waals surface area contributed by atoms with Gasteiger partial charge in [0.1, 0.15) is 11.9 Å². The highest BCUT2D eigenvalue weighted by atomic mass is 32.2. The summed E-state index contributed by atoms with van der Waals surface area (Å²) in [5.74, 6) is 0. The van der Waals surface area contributed by atoms with E-state index >= 15 is 0 Å². The Hall–Kier alpha value is -3.41. The predicted octanol–water partition coefficient (Wildman–Crippen LogP) is 2.61. The van der Waals surface area contributed by atoms with Crippen LogP contribution < -0.4 is 4.72 Å². The lowest BCUT2D eigenvalue weighted by molar-refractivity contribution is 0.150. The Balaban J connectivity index is 1.72. The van der Waals surface area contributed by atoms with Crippen LogP contribution in [0.5, 0.6) is 0 Å². The first-order chi connectivity index (χ1) is 15.3. The standard InChI is InChI=1S/C18H12F2N8O2S2/c19-15(20)16-25-26-17(31-16)28-14-6-10(32(29,30)27-18(8-21)2-3-18)5-11(12(14)7-24-28)13-1-4-22-9-23-13/h1,4-7,9,15,27H,2-3H2. The average Bonchev–Trinajstić information content (AvgIpc) is 3.18. The number of aromatic nitrogens is 6. The molecule has 0 radical (unpaired) electrons. The van der Waals surface area contributed by atoms with Gasteiger partial charge in [0.05, 0.1) is 28.4 Å². The quantitative estimate of drug-likeness (QED) is 0.450. The summed E-state index contributed by atoms with van der Waals surface area (Å²) < 4.78 is 55.9. The van der Waals surface area contributed by atoms with Crippen LogP contribution in [-0.4, -0.2) is 43.9 Å². The smallest absolute Gasteiger partial charge is 0.245 e. The first-order valence-corrected chi connectivity index (χ1v) is 11.5. The summed E-state index contributed by atoms with van der Waals surface area (Å²) >= 11 is 0.647. The fourth-order valence-corrected chi connectivity index (χ4v) is 5.24. The number of hydrogen-bond donors (Lipinski definition) is 1. The van der Waals surface area contributed by atoms with E-state index in [1.165, 1.54) is 35.5 Å². The van der Waals surface area contributed by atoms with Gasteiger partial charge in [0.2, 0.25) is 15.2 Å². The Bertz CT molecular complexity index is 1470. The van der Waals surface area contributed by atoms with Crippen molar-refractivity contribution in [2.24, 2.45) is 0 Å². The molecule has 1 saturated carbocycles. The van der Waals surface area contributed by atoms with Crippen LogP contribution in [-0.2, 0) is 10.0 Å².